The largest absolute Gasteiger partial charge is 0.316 e. The van der Waals surface area contributed by atoms with Crippen LogP contribution in [0.1, 0.15) is 24.3 Å². The van der Waals surface area contributed by atoms with E-state index in [1.807, 2.05) is 12.3 Å². The molecule has 0 N–H and O–H groups in total. The SMILES string of the molecule is Cn1cc(C2CC2)cc(N=C=S)c1=O. The first kappa shape index (κ1) is 9.31. The molecule has 0 saturated heterocycles. The van der Waals surface area contributed by atoms with Crippen LogP contribution >= 0.6 is 12.2 Å². The van der Waals surface area contributed by atoms with Crippen LogP contribution in [0.15, 0.2) is 22.1 Å². The second-order valence-corrected chi connectivity index (χ2v) is 3.73. The maximum atomic E-state index is 11.5. The predicted octanol–water partition coefficient (Wildman–Crippen LogP) is 2.00. The normalized spacial score (nSPS) is 14.9. The average molecular weight is 206 g/mol. The van der Waals surface area contributed by atoms with Gasteiger partial charge in [-0.15, -0.1) is 0 Å². The number of rotatable bonds is 2. The molecule has 0 atom stereocenters. The summed E-state index contributed by atoms with van der Waals surface area (Å²) in [7, 11) is 1.73. The van der Waals surface area contributed by atoms with E-state index in [0.29, 0.717) is 11.6 Å². The molecular weight excluding hydrogens is 196 g/mol. The Kier molecular flexibility index (Phi) is 2.32. The minimum Gasteiger partial charge on any atom is -0.316 e. The van der Waals surface area contributed by atoms with Crippen molar-refractivity contribution in [1.82, 2.24) is 4.57 Å². The van der Waals surface area contributed by atoms with E-state index < -0.39 is 0 Å². The Morgan fingerprint density at radius 3 is 2.93 bits per heavy atom. The van der Waals surface area contributed by atoms with E-state index in [1.165, 1.54) is 18.4 Å². The summed E-state index contributed by atoms with van der Waals surface area (Å²) in [5, 5.41) is 2.23. The Labute approximate surface area is 87.1 Å². The van der Waals surface area contributed by atoms with Crippen molar-refractivity contribution in [2.75, 3.05) is 0 Å². The van der Waals surface area contributed by atoms with Crippen LogP contribution < -0.4 is 5.56 Å². The molecule has 0 spiro atoms. The van der Waals surface area contributed by atoms with Crippen LogP contribution in [-0.4, -0.2) is 9.73 Å². The van der Waals surface area contributed by atoms with Gasteiger partial charge in [0.1, 0.15) is 5.69 Å². The van der Waals surface area contributed by atoms with E-state index in [-0.39, 0.29) is 5.56 Å². The van der Waals surface area contributed by atoms with E-state index in [2.05, 4.69) is 22.4 Å². The number of hydrogen-bond donors (Lipinski definition) is 0. The molecule has 14 heavy (non-hydrogen) atoms. The first-order chi connectivity index (χ1) is 6.72. The molecule has 0 amide bonds. The number of aryl methyl sites for hydroxylation is 1. The molecule has 0 bridgehead atoms. The molecule has 1 aromatic rings. The molecule has 1 saturated carbocycles. The third-order valence-corrected chi connectivity index (χ3v) is 2.49. The Balaban J connectivity index is 2.56. The van der Waals surface area contributed by atoms with Crippen molar-refractivity contribution in [3.63, 3.8) is 0 Å². The maximum Gasteiger partial charge on any atom is 0.277 e. The van der Waals surface area contributed by atoms with Crippen LogP contribution in [0.4, 0.5) is 5.69 Å². The lowest BCUT2D eigenvalue weighted by molar-refractivity contribution is 0.841. The van der Waals surface area contributed by atoms with Gasteiger partial charge in [0.05, 0.1) is 5.16 Å². The van der Waals surface area contributed by atoms with Gasteiger partial charge in [0, 0.05) is 13.2 Å². The van der Waals surface area contributed by atoms with Crippen molar-refractivity contribution in [3.8, 4) is 0 Å². The van der Waals surface area contributed by atoms with Gasteiger partial charge < -0.3 is 4.57 Å². The second kappa shape index (κ2) is 3.48. The third kappa shape index (κ3) is 1.67. The van der Waals surface area contributed by atoms with Gasteiger partial charge >= 0.3 is 0 Å². The summed E-state index contributed by atoms with van der Waals surface area (Å²) in [4.78, 5) is 15.3. The fourth-order valence-corrected chi connectivity index (χ4v) is 1.59. The third-order valence-electron chi connectivity index (χ3n) is 2.40. The molecule has 1 aliphatic carbocycles. The zero-order valence-corrected chi connectivity index (χ0v) is 8.67. The van der Waals surface area contributed by atoms with Crippen LogP contribution in [0.3, 0.4) is 0 Å². The topological polar surface area (TPSA) is 34.4 Å². The number of aromatic nitrogens is 1. The molecule has 4 heteroatoms. The molecular formula is C10H10N2OS. The number of nitrogens with zero attached hydrogens (tertiary/aromatic N) is 2. The van der Waals surface area contributed by atoms with E-state index in [9.17, 15) is 4.79 Å². The molecule has 0 aromatic carbocycles. The Hall–Kier alpha value is -1.25. The van der Waals surface area contributed by atoms with Gasteiger partial charge in [-0.2, -0.15) is 4.99 Å². The van der Waals surface area contributed by atoms with Gasteiger partial charge in [0.2, 0.25) is 0 Å². The zero-order valence-electron chi connectivity index (χ0n) is 7.86. The van der Waals surface area contributed by atoms with E-state index >= 15 is 0 Å². The molecule has 1 aromatic heterocycles. The molecule has 1 aliphatic rings. The van der Waals surface area contributed by atoms with Crippen molar-refractivity contribution >= 4 is 23.1 Å². The Bertz CT molecular complexity index is 468. The summed E-state index contributed by atoms with van der Waals surface area (Å²) in [6.07, 6.45) is 4.29. The minimum atomic E-state index is -0.119. The quantitative estimate of drug-likeness (QED) is 0.548. The number of isothiocyanates is 1. The highest BCUT2D eigenvalue weighted by molar-refractivity contribution is 7.78. The summed E-state index contributed by atoms with van der Waals surface area (Å²) in [6, 6.07) is 1.82. The predicted molar refractivity (Wildman–Crippen MR) is 58.3 cm³/mol. The highest BCUT2D eigenvalue weighted by Gasteiger charge is 2.24. The lowest BCUT2D eigenvalue weighted by atomic mass is 10.2. The van der Waals surface area contributed by atoms with Crippen LogP contribution in [0.2, 0.25) is 0 Å². The van der Waals surface area contributed by atoms with Gasteiger partial charge in [0.15, 0.2) is 0 Å². The lowest BCUT2D eigenvalue weighted by Crippen LogP contribution is -2.16. The Morgan fingerprint density at radius 1 is 1.64 bits per heavy atom. The van der Waals surface area contributed by atoms with Crippen LogP contribution in [-0.2, 0) is 7.05 Å². The summed E-state index contributed by atoms with van der Waals surface area (Å²) >= 11 is 4.50. The van der Waals surface area contributed by atoms with Crippen molar-refractivity contribution in [2.24, 2.45) is 12.0 Å². The second-order valence-electron chi connectivity index (χ2n) is 3.55. The van der Waals surface area contributed by atoms with Crippen LogP contribution in [0.5, 0.6) is 0 Å². The van der Waals surface area contributed by atoms with Gasteiger partial charge in [0.25, 0.3) is 5.56 Å². The summed E-state index contributed by atoms with van der Waals surface area (Å²) < 4.78 is 1.55. The van der Waals surface area contributed by atoms with Crippen molar-refractivity contribution in [2.45, 2.75) is 18.8 Å². The first-order valence-electron chi connectivity index (χ1n) is 4.51. The molecule has 0 unspecified atom stereocenters. The van der Waals surface area contributed by atoms with E-state index in [4.69, 9.17) is 0 Å². The summed E-state index contributed by atoms with van der Waals surface area (Å²) in [5.41, 5.74) is 1.45. The van der Waals surface area contributed by atoms with E-state index in [0.717, 1.165) is 0 Å². The fraction of sp³-hybridized carbons (Fsp3) is 0.400. The average Bonchev–Trinajstić information content (AvgIpc) is 2.96. The zero-order chi connectivity index (χ0) is 10.1. The van der Waals surface area contributed by atoms with Gasteiger partial charge in [-0.05, 0) is 42.6 Å². The fourth-order valence-electron chi connectivity index (χ4n) is 1.49. The summed E-state index contributed by atoms with van der Waals surface area (Å²) in [5.74, 6) is 0.612. The standard InChI is InChI=1S/C10H10N2OS/c1-12-5-8(7-2-3-7)4-9(10(12)13)11-6-14/h4-5,7H,2-3H2,1H3. The molecule has 1 heterocycles. The van der Waals surface area contributed by atoms with Crippen LogP contribution in [0.25, 0.3) is 0 Å². The summed E-state index contributed by atoms with van der Waals surface area (Å²) in [6.45, 7) is 0. The van der Waals surface area contributed by atoms with Crippen molar-refractivity contribution in [3.05, 3.63) is 28.2 Å². The van der Waals surface area contributed by atoms with E-state index in [1.54, 1.807) is 11.6 Å². The van der Waals surface area contributed by atoms with Crippen molar-refractivity contribution < 1.29 is 0 Å². The van der Waals surface area contributed by atoms with Crippen LogP contribution in [0, 0.1) is 0 Å². The number of aliphatic imine (C=N–C) groups is 1. The number of hydrogen-bond acceptors (Lipinski definition) is 3. The molecule has 72 valence electrons. The maximum absolute atomic E-state index is 11.5. The Morgan fingerprint density at radius 2 is 2.36 bits per heavy atom. The lowest BCUT2D eigenvalue weighted by Gasteiger charge is -2.03. The monoisotopic (exact) mass is 206 g/mol. The highest BCUT2D eigenvalue weighted by Crippen LogP contribution is 2.40. The first-order valence-corrected chi connectivity index (χ1v) is 4.91. The molecule has 1 fully saturated rings. The molecule has 0 aliphatic heterocycles. The molecule has 2 rings (SSSR count). The number of pyridine rings is 1. The highest BCUT2D eigenvalue weighted by atomic mass is 32.1. The van der Waals surface area contributed by atoms with Crippen molar-refractivity contribution in [1.29, 1.82) is 0 Å². The van der Waals surface area contributed by atoms with Gasteiger partial charge in [-0.3, -0.25) is 4.79 Å². The molecule has 0 radical (unpaired) electrons. The molecule has 3 nitrogen and oxygen atoms in total. The minimum absolute atomic E-state index is 0.119. The number of thiocarbonyl (C=S) groups is 1. The smallest absolute Gasteiger partial charge is 0.277 e. The van der Waals surface area contributed by atoms with Gasteiger partial charge in [-0.1, -0.05) is 0 Å². The van der Waals surface area contributed by atoms with Gasteiger partial charge in [-0.25, -0.2) is 0 Å².